The van der Waals surface area contributed by atoms with Crippen LogP contribution in [0.15, 0.2) is 67.0 Å². The van der Waals surface area contributed by atoms with E-state index >= 15 is 0 Å². The smallest absolute Gasteiger partial charge is 0.412 e. The first-order valence-electron chi connectivity index (χ1n) is 10.4. The summed E-state index contributed by atoms with van der Waals surface area (Å²) in [5.41, 5.74) is 3.86. The molecule has 0 aliphatic carbocycles. The van der Waals surface area contributed by atoms with Crippen LogP contribution in [0.4, 0.5) is 21.9 Å². The topological polar surface area (TPSA) is 63.6 Å². The molecule has 31 heavy (non-hydrogen) atoms. The molecule has 2 aromatic carbocycles. The van der Waals surface area contributed by atoms with E-state index in [0.29, 0.717) is 5.69 Å². The van der Waals surface area contributed by atoms with Crippen molar-refractivity contribution < 1.29 is 14.3 Å². The van der Waals surface area contributed by atoms with E-state index < -0.39 is 11.7 Å². The molecular weight excluding hydrogens is 390 g/mol. The number of para-hydroxylation sites is 1. The SMILES string of the molecule is CC(C)(C)OC(=O)Nc1ccc2c(c1)N(C(=O)Cn1cccc1)c1ccccc1CC2. The van der Waals surface area contributed by atoms with Crippen molar-refractivity contribution in [1.82, 2.24) is 4.57 Å². The Morgan fingerprint density at radius 3 is 2.32 bits per heavy atom. The number of nitrogens with one attached hydrogen (secondary N) is 1. The summed E-state index contributed by atoms with van der Waals surface area (Å²) >= 11 is 0. The first-order chi connectivity index (χ1) is 14.8. The van der Waals surface area contributed by atoms with Gasteiger partial charge in [-0.2, -0.15) is 0 Å². The number of nitrogens with zero attached hydrogens (tertiary/aromatic N) is 2. The molecule has 2 heterocycles. The zero-order valence-corrected chi connectivity index (χ0v) is 18.1. The zero-order valence-electron chi connectivity index (χ0n) is 18.1. The lowest BCUT2D eigenvalue weighted by atomic mass is 10.0. The number of carbonyl (C=O) groups excluding carboxylic acids is 2. The van der Waals surface area contributed by atoms with E-state index in [1.807, 2.05) is 86.3 Å². The summed E-state index contributed by atoms with van der Waals surface area (Å²) in [5.74, 6) is -0.0405. The molecule has 0 saturated heterocycles. The molecule has 0 radical (unpaired) electrons. The van der Waals surface area contributed by atoms with Crippen molar-refractivity contribution in [3.05, 3.63) is 78.1 Å². The third-order valence-corrected chi connectivity index (χ3v) is 5.10. The number of aromatic nitrogens is 1. The third-order valence-electron chi connectivity index (χ3n) is 5.10. The maximum absolute atomic E-state index is 13.5. The van der Waals surface area contributed by atoms with Crippen LogP contribution in [0.2, 0.25) is 0 Å². The molecule has 1 aromatic heterocycles. The third kappa shape index (κ3) is 4.79. The fourth-order valence-corrected chi connectivity index (χ4v) is 3.79. The van der Waals surface area contributed by atoms with E-state index in [9.17, 15) is 9.59 Å². The maximum Gasteiger partial charge on any atom is 0.412 e. The molecule has 6 heteroatoms. The standard InChI is InChI=1S/C25H27N3O3/c1-25(2,3)31-24(30)26-20-13-12-19-11-10-18-8-4-5-9-21(18)28(22(19)16-20)23(29)17-27-14-6-7-15-27/h4-9,12-16H,10-11,17H2,1-3H3,(H,26,30). The van der Waals surface area contributed by atoms with E-state index in [2.05, 4.69) is 11.4 Å². The van der Waals surface area contributed by atoms with Crippen LogP contribution in [0.1, 0.15) is 31.9 Å². The van der Waals surface area contributed by atoms with E-state index in [1.54, 1.807) is 4.90 Å². The predicted molar refractivity (Wildman–Crippen MR) is 122 cm³/mol. The van der Waals surface area contributed by atoms with Gasteiger partial charge in [0.25, 0.3) is 5.91 Å². The number of amides is 2. The van der Waals surface area contributed by atoms with Crippen LogP contribution in [0, 0.1) is 0 Å². The molecule has 0 atom stereocenters. The fourth-order valence-electron chi connectivity index (χ4n) is 3.79. The van der Waals surface area contributed by atoms with E-state index in [4.69, 9.17) is 4.74 Å². The highest BCUT2D eigenvalue weighted by Crippen LogP contribution is 2.38. The number of fused-ring (bicyclic) bond motifs is 2. The summed E-state index contributed by atoms with van der Waals surface area (Å²) in [6.45, 7) is 5.69. The highest BCUT2D eigenvalue weighted by Gasteiger charge is 2.26. The molecule has 0 fully saturated rings. The van der Waals surface area contributed by atoms with Crippen LogP contribution in [-0.4, -0.2) is 22.2 Å². The minimum absolute atomic E-state index is 0.0405. The van der Waals surface area contributed by atoms with Crippen LogP contribution in [-0.2, 0) is 28.9 Å². The van der Waals surface area contributed by atoms with Gasteiger partial charge in [0.15, 0.2) is 0 Å². The van der Waals surface area contributed by atoms with Gasteiger partial charge in [0.05, 0.1) is 11.4 Å². The van der Waals surface area contributed by atoms with Gasteiger partial charge in [-0.3, -0.25) is 15.0 Å². The van der Waals surface area contributed by atoms with Gasteiger partial charge in [-0.1, -0.05) is 24.3 Å². The van der Waals surface area contributed by atoms with Crippen molar-refractivity contribution in [2.75, 3.05) is 10.2 Å². The van der Waals surface area contributed by atoms with Gasteiger partial charge in [0.1, 0.15) is 12.1 Å². The molecule has 0 unspecified atom stereocenters. The van der Waals surface area contributed by atoms with Crippen LogP contribution in [0.5, 0.6) is 0 Å². The number of hydrogen-bond acceptors (Lipinski definition) is 3. The number of hydrogen-bond donors (Lipinski definition) is 1. The molecular formula is C25H27N3O3. The highest BCUT2D eigenvalue weighted by atomic mass is 16.6. The molecule has 1 aliphatic heterocycles. The summed E-state index contributed by atoms with van der Waals surface area (Å²) in [6, 6.07) is 17.5. The first kappa shape index (κ1) is 20.7. The Labute approximate surface area is 182 Å². The quantitative estimate of drug-likeness (QED) is 0.629. The van der Waals surface area contributed by atoms with Gasteiger partial charge in [-0.15, -0.1) is 0 Å². The Morgan fingerprint density at radius 1 is 0.935 bits per heavy atom. The van der Waals surface area contributed by atoms with Crippen LogP contribution >= 0.6 is 0 Å². The molecule has 6 nitrogen and oxygen atoms in total. The van der Waals surface area contributed by atoms with Gasteiger partial charge in [-0.05, 0) is 75.1 Å². The first-order valence-corrected chi connectivity index (χ1v) is 10.4. The fraction of sp³-hybridized carbons (Fsp3) is 0.280. The molecule has 160 valence electrons. The van der Waals surface area contributed by atoms with Gasteiger partial charge < -0.3 is 9.30 Å². The molecule has 3 aromatic rings. The Bertz CT molecular complexity index is 1100. The zero-order chi connectivity index (χ0) is 22.0. The summed E-state index contributed by atoms with van der Waals surface area (Å²) < 4.78 is 7.24. The average Bonchev–Trinajstić information content (AvgIpc) is 3.14. The number of carbonyl (C=O) groups is 2. The molecule has 0 saturated carbocycles. The van der Waals surface area contributed by atoms with E-state index in [-0.39, 0.29) is 12.5 Å². The summed E-state index contributed by atoms with van der Waals surface area (Å²) in [4.78, 5) is 27.5. The largest absolute Gasteiger partial charge is 0.444 e. The highest BCUT2D eigenvalue weighted by molar-refractivity contribution is 6.03. The minimum Gasteiger partial charge on any atom is -0.444 e. The lowest BCUT2D eigenvalue weighted by Crippen LogP contribution is -2.30. The monoisotopic (exact) mass is 417 g/mol. The maximum atomic E-state index is 13.5. The van der Waals surface area contributed by atoms with Crippen molar-refractivity contribution in [2.24, 2.45) is 0 Å². The summed E-state index contributed by atoms with van der Waals surface area (Å²) in [6.07, 6.45) is 4.89. The number of benzene rings is 2. The Kier molecular flexibility index (Phi) is 5.55. The molecule has 0 bridgehead atoms. The molecule has 0 spiro atoms. The summed E-state index contributed by atoms with van der Waals surface area (Å²) in [5, 5.41) is 2.79. The second-order valence-electron chi connectivity index (χ2n) is 8.68. The van der Waals surface area contributed by atoms with Crippen molar-refractivity contribution in [3.8, 4) is 0 Å². The normalized spacial score (nSPS) is 13.1. The molecule has 1 N–H and O–H groups in total. The average molecular weight is 418 g/mol. The number of rotatable bonds is 3. The minimum atomic E-state index is -0.590. The Morgan fingerprint density at radius 2 is 1.61 bits per heavy atom. The number of anilines is 3. The van der Waals surface area contributed by atoms with Gasteiger partial charge >= 0.3 is 6.09 Å². The number of aryl methyl sites for hydroxylation is 2. The molecule has 2 amide bonds. The van der Waals surface area contributed by atoms with Crippen molar-refractivity contribution in [3.63, 3.8) is 0 Å². The van der Waals surface area contributed by atoms with Crippen molar-refractivity contribution in [1.29, 1.82) is 0 Å². The van der Waals surface area contributed by atoms with Crippen LogP contribution < -0.4 is 10.2 Å². The summed E-state index contributed by atoms with van der Waals surface area (Å²) in [7, 11) is 0. The van der Waals surface area contributed by atoms with E-state index in [1.165, 1.54) is 0 Å². The van der Waals surface area contributed by atoms with Gasteiger partial charge in [0, 0.05) is 18.1 Å². The van der Waals surface area contributed by atoms with E-state index in [0.717, 1.165) is 35.3 Å². The van der Waals surface area contributed by atoms with Gasteiger partial charge in [-0.25, -0.2) is 4.79 Å². The van der Waals surface area contributed by atoms with Gasteiger partial charge in [0.2, 0.25) is 0 Å². The molecule has 4 rings (SSSR count). The lowest BCUT2D eigenvalue weighted by molar-refractivity contribution is -0.118. The Hall–Kier alpha value is -3.54. The second-order valence-corrected chi connectivity index (χ2v) is 8.68. The predicted octanol–water partition coefficient (Wildman–Crippen LogP) is 5.30. The van der Waals surface area contributed by atoms with Crippen LogP contribution in [0.25, 0.3) is 0 Å². The number of ether oxygens (including phenoxy) is 1. The Balaban J connectivity index is 1.71. The second kappa shape index (κ2) is 8.30. The van der Waals surface area contributed by atoms with Crippen molar-refractivity contribution in [2.45, 2.75) is 45.8 Å². The molecule has 1 aliphatic rings. The van der Waals surface area contributed by atoms with Crippen molar-refractivity contribution >= 4 is 29.1 Å². The van der Waals surface area contributed by atoms with Crippen LogP contribution in [0.3, 0.4) is 0 Å². The lowest BCUT2D eigenvalue weighted by Gasteiger charge is -2.26.